The smallest absolute Gasteiger partial charge is 0.410 e. The molecular weight excluding hydrogens is 232 g/mol. The lowest BCUT2D eigenvalue weighted by Gasteiger charge is -2.09. The quantitative estimate of drug-likeness (QED) is 0.857. The molecule has 1 aromatic carbocycles. The molecule has 0 saturated carbocycles. The Morgan fingerprint density at radius 2 is 2.17 bits per heavy atom. The average Bonchev–Trinajstić information content (AvgIpc) is 2.68. The molecule has 1 saturated heterocycles. The summed E-state index contributed by atoms with van der Waals surface area (Å²) in [6, 6.07) is 9.52. The molecule has 0 bridgehead atoms. The van der Waals surface area contributed by atoms with E-state index in [0.29, 0.717) is 19.5 Å². The molecule has 0 radical (unpaired) electrons. The minimum atomic E-state index is -0.336. The van der Waals surface area contributed by atoms with Crippen molar-refractivity contribution >= 4 is 12.0 Å². The number of hydrogen-bond acceptors (Lipinski definition) is 3. The fourth-order valence-corrected chi connectivity index (χ4v) is 1.83. The number of carbonyl (C=O) groups excluding carboxylic acids is 2. The highest BCUT2D eigenvalue weighted by molar-refractivity contribution is 5.78. The first kappa shape index (κ1) is 12.4. The maximum absolute atomic E-state index is 11.7. The van der Waals surface area contributed by atoms with Crippen LogP contribution >= 0.6 is 0 Å². The first-order valence-corrected chi connectivity index (χ1v) is 5.87. The van der Waals surface area contributed by atoms with Gasteiger partial charge in [-0.05, 0) is 5.56 Å². The first-order valence-electron chi connectivity index (χ1n) is 5.87. The molecule has 1 unspecified atom stereocenters. The number of nitrogens with zero attached hydrogens (tertiary/aromatic N) is 1. The van der Waals surface area contributed by atoms with E-state index in [0.717, 1.165) is 5.56 Å². The Bertz CT molecular complexity index is 433. The van der Waals surface area contributed by atoms with Crippen LogP contribution in [0.5, 0.6) is 0 Å². The Morgan fingerprint density at radius 1 is 1.44 bits per heavy atom. The second kappa shape index (κ2) is 5.53. The van der Waals surface area contributed by atoms with E-state index in [1.165, 1.54) is 4.90 Å². The lowest BCUT2D eigenvalue weighted by molar-refractivity contribution is -0.120. The lowest BCUT2D eigenvalue weighted by atomic mass is 10.1. The fourth-order valence-electron chi connectivity index (χ4n) is 1.83. The van der Waals surface area contributed by atoms with Crippen LogP contribution in [0.25, 0.3) is 0 Å². The molecule has 0 aromatic heterocycles. The summed E-state index contributed by atoms with van der Waals surface area (Å²) in [5.41, 5.74) is 0.968. The van der Waals surface area contributed by atoms with Crippen LogP contribution in [0.15, 0.2) is 30.3 Å². The average molecular weight is 248 g/mol. The number of carbonyl (C=O) groups is 2. The molecule has 96 valence electrons. The molecule has 5 nitrogen and oxygen atoms in total. The lowest BCUT2D eigenvalue weighted by Crippen LogP contribution is -2.34. The molecule has 0 aliphatic carbocycles. The molecule has 1 heterocycles. The number of benzene rings is 1. The van der Waals surface area contributed by atoms with Crippen molar-refractivity contribution in [2.45, 2.75) is 12.5 Å². The van der Waals surface area contributed by atoms with E-state index < -0.39 is 0 Å². The third-order valence-electron chi connectivity index (χ3n) is 2.79. The third-order valence-corrected chi connectivity index (χ3v) is 2.79. The molecule has 1 atom stereocenters. The van der Waals surface area contributed by atoms with Crippen LogP contribution in [0, 0.1) is 0 Å². The van der Waals surface area contributed by atoms with Crippen molar-refractivity contribution in [3.05, 3.63) is 35.9 Å². The summed E-state index contributed by atoms with van der Waals surface area (Å²) in [5, 5.41) is 2.77. The summed E-state index contributed by atoms with van der Waals surface area (Å²) in [4.78, 5) is 24.3. The molecule has 1 N–H and O–H groups in total. The number of nitrogens with one attached hydrogen (secondary N) is 1. The molecular formula is C13H16N2O3. The zero-order valence-electron chi connectivity index (χ0n) is 10.3. The van der Waals surface area contributed by atoms with E-state index in [1.807, 2.05) is 30.3 Å². The second-order valence-electron chi connectivity index (χ2n) is 4.35. The topological polar surface area (TPSA) is 58.6 Å². The monoisotopic (exact) mass is 248 g/mol. The highest BCUT2D eigenvalue weighted by atomic mass is 16.6. The van der Waals surface area contributed by atoms with E-state index in [1.54, 1.807) is 7.05 Å². The summed E-state index contributed by atoms with van der Waals surface area (Å²) in [7, 11) is 1.67. The minimum Gasteiger partial charge on any atom is -0.442 e. The van der Waals surface area contributed by atoms with Gasteiger partial charge in [0.1, 0.15) is 6.10 Å². The SMILES string of the molecule is CN1CC(CNC(=O)Cc2ccccc2)OC1=O. The molecule has 0 spiro atoms. The van der Waals surface area contributed by atoms with Gasteiger partial charge in [0.15, 0.2) is 0 Å². The largest absolute Gasteiger partial charge is 0.442 e. The van der Waals surface area contributed by atoms with Crippen molar-refractivity contribution in [2.24, 2.45) is 0 Å². The molecule has 1 fully saturated rings. The van der Waals surface area contributed by atoms with Crippen molar-refractivity contribution in [3.63, 3.8) is 0 Å². The number of rotatable bonds is 4. The summed E-state index contributed by atoms with van der Waals surface area (Å²) in [5.74, 6) is -0.0631. The van der Waals surface area contributed by atoms with Crippen LogP contribution < -0.4 is 5.32 Å². The summed E-state index contributed by atoms with van der Waals surface area (Å²) < 4.78 is 5.05. The Morgan fingerprint density at radius 3 is 2.78 bits per heavy atom. The van der Waals surface area contributed by atoms with Crippen LogP contribution in [0.2, 0.25) is 0 Å². The Hall–Kier alpha value is -2.04. The first-order chi connectivity index (χ1) is 8.65. The van der Waals surface area contributed by atoms with E-state index in [4.69, 9.17) is 4.74 Å². The van der Waals surface area contributed by atoms with Crippen molar-refractivity contribution in [2.75, 3.05) is 20.1 Å². The minimum absolute atomic E-state index is 0.0631. The van der Waals surface area contributed by atoms with Crippen molar-refractivity contribution in [1.29, 1.82) is 0 Å². The van der Waals surface area contributed by atoms with Crippen molar-refractivity contribution in [3.8, 4) is 0 Å². The van der Waals surface area contributed by atoms with Gasteiger partial charge in [0.2, 0.25) is 5.91 Å². The van der Waals surface area contributed by atoms with E-state index >= 15 is 0 Å². The molecule has 5 heteroatoms. The van der Waals surface area contributed by atoms with Crippen LogP contribution in [-0.2, 0) is 16.0 Å². The highest BCUT2D eigenvalue weighted by Gasteiger charge is 2.28. The van der Waals surface area contributed by atoms with Crippen LogP contribution in [0.1, 0.15) is 5.56 Å². The predicted octanol–water partition coefficient (Wildman–Crippen LogP) is 0.796. The highest BCUT2D eigenvalue weighted by Crippen LogP contribution is 2.07. The van der Waals surface area contributed by atoms with Gasteiger partial charge in [-0.3, -0.25) is 4.79 Å². The standard InChI is InChI=1S/C13H16N2O3/c1-15-9-11(18-13(15)17)8-14-12(16)7-10-5-3-2-4-6-10/h2-6,11H,7-9H2,1H3,(H,14,16). The Balaban J connectivity index is 1.74. The number of ether oxygens (including phenoxy) is 1. The number of likely N-dealkylation sites (N-methyl/N-ethyl adjacent to an activating group) is 1. The summed E-state index contributed by atoms with van der Waals surface area (Å²) >= 11 is 0. The third kappa shape index (κ3) is 3.23. The van der Waals surface area contributed by atoms with Crippen LogP contribution in [0.4, 0.5) is 4.79 Å². The fraction of sp³-hybridized carbons (Fsp3) is 0.385. The zero-order valence-corrected chi connectivity index (χ0v) is 10.3. The maximum Gasteiger partial charge on any atom is 0.410 e. The van der Waals surface area contributed by atoms with Gasteiger partial charge >= 0.3 is 6.09 Å². The van der Waals surface area contributed by atoms with E-state index in [9.17, 15) is 9.59 Å². The molecule has 2 rings (SSSR count). The van der Waals surface area contributed by atoms with Crippen molar-refractivity contribution in [1.82, 2.24) is 10.2 Å². The van der Waals surface area contributed by atoms with Gasteiger partial charge in [-0.2, -0.15) is 0 Å². The normalized spacial score (nSPS) is 18.6. The maximum atomic E-state index is 11.7. The van der Waals surface area contributed by atoms with Gasteiger partial charge in [-0.25, -0.2) is 4.79 Å². The van der Waals surface area contributed by atoms with Gasteiger partial charge in [-0.1, -0.05) is 30.3 Å². The molecule has 1 aliphatic rings. The summed E-state index contributed by atoms with van der Waals surface area (Å²) in [6.07, 6.45) is -0.239. The number of cyclic esters (lactones) is 1. The van der Waals surface area contributed by atoms with Gasteiger partial charge in [-0.15, -0.1) is 0 Å². The molecule has 18 heavy (non-hydrogen) atoms. The summed E-state index contributed by atoms with van der Waals surface area (Å²) in [6.45, 7) is 0.881. The molecule has 1 aliphatic heterocycles. The van der Waals surface area contributed by atoms with Gasteiger partial charge < -0.3 is 15.0 Å². The van der Waals surface area contributed by atoms with Crippen molar-refractivity contribution < 1.29 is 14.3 Å². The Kier molecular flexibility index (Phi) is 3.82. The molecule has 2 amide bonds. The second-order valence-corrected chi connectivity index (χ2v) is 4.35. The van der Waals surface area contributed by atoms with Crippen LogP contribution in [-0.4, -0.2) is 43.1 Å². The Labute approximate surface area is 106 Å². The number of hydrogen-bond donors (Lipinski definition) is 1. The zero-order chi connectivity index (χ0) is 13.0. The van der Waals surface area contributed by atoms with Gasteiger partial charge in [0, 0.05) is 7.05 Å². The van der Waals surface area contributed by atoms with Gasteiger partial charge in [0.05, 0.1) is 19.5 Å². The van der Waals surface area contributed by atoms with Crippen LogP contribution in [0.3, 0.4) is 0 Å². The molecule has 1 aromatic rings. The van der Waals surface area contributed by atoms with Gasteiger partial charge in [0.25, 0.3) is 0 Å². The van der Waals surface area contributed by atoms with E-state index in [2.05, 4.69) is 5.32 Å². The predicted molar refractivity (Wildman–Crippen MR) is 66.1 cm³/mol. The van der Waals surface area contributed by atoms with E-state index in [-0.39, 0.29) is 18.1 Å². The number of amides is 2.